The Labute approximate surface area is 70.3 Å². The first kappa shape index (κ1) is 9.28. The molecule has 0 aromatic heterocycles. The Morgan fingerprint density at radius 3 is 2.75 bits per heavy atom. The van der Waals surface area contributed by atoms with Crippen LogP contribution in [-0.4, -0.2) is 41.7 Å². The highest BCUT2D eigenvalue weighted by molar-refractivity contribution is 5.64. The molecule has 2 atom stereocenters. The van der Waals surface area contributed by atoms with Gasteiger partial charge in [0.15, 0.2) is 0 Å². The van der Waals surface area contributed by atoms with Crippen LogP contribution >= 0.6 is 0 Å². The van der Waals surface area contributed by atoms with E-state index in [1.54, 1.807) is 0 Å². The Morgan fingerprint density at radius 2 is 2.33 bits per heavy atom. The van der Waals surface area contributed by atoms with Crippen molar-refractivity contribution in [3.63, 3.8) is 0 Å². The minimum absolute atomic E-state index is 0.0137. The molecule has 0 aromatic carbocycles. The van der Waals surface area contributed by atoms with Gasteiger partial charge in [-0.05, 0) is 12.8 Å². The van der Waals surface area contributed by atoms with Gasteiger partial charge < -0.3 is 20.3 Å². The van der Waals surface area contributed by atoms with Crippen molar-refractivity contribution in [3.8, 4) is 0 Å². The fourth-order valence-electron chi connectivity index (χ4n) is 1.24. The average Bonchev–Trinajstić information content (AvgIpc) is 2.05. The van der Waals surface area contributed by atoms with E-state index in [0.29, 0.717) is 13.0 Å². The van der Waals surface area contributed by atoms with Crippen LogP contribution in [0.1, 0.15) is 12.8 Å². The topological polar surface area (TPSA) is 78.8 Å². The number of aliphatic hydroxyl groups is 1. The lowest BCUT2D eigenvalue weighted by Crippen LogP contribution is -2.42. The first-order valence-corrected chi connectivity index (χ1v) is 3.94. The highest BCUT2D eigenvalue weighted by Gasteiger charge is 2.21. The highest BCUT2D eigenvalue weighted by Crippen LogP contribution is 2.12. The Morgan fingerprint density at radius 1 is 1.58 bits per heavy atom. The molecule has 0 unspecified atom stereocenters. The fourth-order valence-corrected chi connectivity index (χ4v) is 1.24. The smallest absolute Gasteiger partial charge is 0.404 e. The monoisotopic (exact) mass is 175 g/mol. The van der Waals surface area contributed by atoms with Crippen LogP contribution in [0.5, 0.6) is 0 Å². The normalized spacial score (nSPS) is 29.8. The molecule has 12 heavy (non-hydrogen) atoms. The van der Waals surface area contributed by atoms with Crippen molar-refractivity contribution in [3.05, 3.63) is 0 Å². The summed E-state index contributed by atoms with van der Waals surface area (Å²) in [6, 6.07) is -0.120. The van der Waals surface area contributed by atoms with Gasteiger partial charge in [0, 0.05) is 0 Å². The Hall–Kier alpha value is -0.810. The van der Waals surface area contributed by atoms with Crippen LogP contribution in [0.3, 0.4) is 0 Å². The number of amides is 1. The number of nitrogens with one attached hydrogen (secondary N) is 1. The van der Waals surface area contributed by atoms with E-state index in [4.69, 9.17) is 14.9 Å². The van der Waals surface area contributed by atoms with Gasteiger partial charge in [0.25, 0.3) is 0 Å². The van der Waals surface area contributed by atoms with Gasteiger partial charge in [-0.1, -0.05) is 0 Å². The number of aliphatic hydroxyl groups excluding tert-OH is 1. The van der Waals surface area contributed by atoms with Crippen molar-refractivity contribution in [1.82, 2.24) is 5.32 Å². The number of carbonyl (C=O) groups is 1. The second-order valence-corrected chi connectivity index (χ2v) is 2.86. The molecule has 1 fully saturated rings. The Kier molecular flexibility index (Phi) is 3.31. The maximum absolute atomic E-state index is 10.2. The molecule has 3 N–H and O–H groups in total. The van der Waals surface area contributed by atoms with E-state index in [-0.39, 0.29) is 18.8 Å². The van der Waals surface area contributed by atoms with Crippen LogP contribution in [0.2, 0.25) is 0 Å². The van der Waals surface area contributed by atoms with Gasteiger partial charge in [-0.3, -0.25) is 0 Å². The second kappa shape index (κ2) is 4.27. The third kappa shape index (κ3) is 2.67. The zero-order valence-electron chi connectivity index (χ0n) is 6.69. The molecule has 5 heteroatoms. The summed E-state index contributed by atoms with van der Waals surface area (Å²) in [5, 5.41) is 19.4. The SMILES string of the molecule is O=C(O)N[C@H]1CC[C@H](CO)OC1. The molecule has 1 aliphatic rings. The molecule has 5 nitrogen and oxygen atoms in total. The van der Waals surface area contributed by atoms with Crippen LogP contribution in [0.25, 0.3) is 0 Å². The lowest BCUT2D eigenvalue weighted by atomic mass is 10.1. The van der Waals surface area contributed by atoms with E-state index < -0.39 is 6.09 Å². The molecule has 1 aliphatic heterocycles. The number of hydrogen-bond acceptors (Lipinski definition) is 3. The maximum Gasteiger partial charge on any atom is 0.404 e. The Balaban J connectivity index is 2.21. The number of hydrogen-bond donors (Lipinski definition) is 3. The second-order valence-electron chi connectivity index (χ2n) is 2.86. The molecule has 70 valence electrons. The van der Waals surface area contributed by atoms with Crippen molar-refractivity contribution in [2.24, 2.45) is 0 Å². The third-order valence-corrected chi connectivity index (χ3v) is 1.90. The molecule has 0 bridgehead atoms. The quantitative estimate of drug-likeness (QED) is 0.542. The van der Waals surface area contributed by atoms with Crippen molar-refractivity contribution in [2.45, 2.75) is 25.0 Å². The molecule has 0 aliphatic carbocycles. The summed E-state index contributed by atoms with van der Waals surface area (Å²) < 4.78 is 5.16. The maximum atomic E-state index is 10.2. The molecule has 0 saturated carbocycles. The molecule has 0 radical (unpaired) electrons. The van der Waals surface area contributed by atoms with Crippen LogP contribution in [0.4, 0.5) is 4.79 Å². The predicted octanol–water partition coefficient (Wildman–Crippen LogP) is -0.206. The highest BCUT2D eigenvalue weighted by atomic mass is 16.5. The van der Waals surface area contributed by atoms with Crippen molar-refractivity contribution >= 4 is 6.09 Å². The third-order valence-electron chi connectivity index (χ3n) is 1.90. The van der Waals surface area contributed by atoms with Crippen molar-refractivity contribution < 1.29 is 19.7 Å². The summed E-state index contributed by atoms with van der Waals surface area (Å²) in [6.45, 7) is 0.372. The van der Waals surface area contributed by atoms with E-state index in [1.807, 2.05) is 0 Å². The van der Waals surface area contributed by atoms with Crippen molar-refractivity contribution in [1.29, 1.82) is 0 Å². The molecular weight excluding hydrogens is 162 g/mol. The van der Waals surface area contributed by atoms with Crippen LogP contribution in [-0.2, 0) is 4.74 Å². The lowest BCUT2D eigenvalue weighted by molar-refractivity contribution is -0.0306. The first-order valence-electron chi connectivity index (χ1n) is 3.94. The van der Waals surface area contributed by atoms with Crippen LogP contribution < -0.4 is 5.32 Å². The van der Waals surface area contributed by atoms with Gasteiger partial charge >= 0.3 is 6.09 Å². The number of rotatable bonds is 2. The molecule has 1 heterocycles. The van der Waals surface area contributed by atoms with E-state index >= 15 is 0 Å². The van der Waals surface area contributed by atoms with Gasteiger partial charge in [-0.2, -0.15) is 0 Å². The summed E-state index contributed by atoms with van der Waals surface area (Å²) in [5.74, 6) is 0. The summed E-state index contributed by atoms with van der Waals surface area (Å²) in [6.07, 6.45) is 0.307. The van der Waals surface area contributed by atoms with Crippen molar-refractivity contribution in [2.75, 3.05) is 13.2 Å². The molecule has 1 saturated heterocycles. The fraction of sp³-hybridized carbons (Fsp3) is 0.857. The molecule has 1 amide bonds. The van der Waals surface area contributed by atoms with Gasteiger partial charge in [0.05, 0.1) is 25.4 Å². The van der Waals surface area contributed by atoms with Gasteiger partial charge in [-0.15, -0.1) is 0 Å². The number of carboxylic acid groups (broad SMARTS) is 1. The van der Waals surface area contributed by atoms with Gasteiger partial charge in [0.1, 0.15) is 0 Å². The van der Waals surface area contributed by atoms with E-state index in [2.05, 4.69) is 5.32 Å². The average molecular weight is 175 g/mol. The predicted molar refractivity (Wildman–Crippen MR) is 41.0 cm³/mol. The zero-order valence-corrected chi connectivity index (χ0v) is 6.69. The minimum Gasteiger partial charge on any atom is -0.465 e. The van der Waals surface area contributed by atoms with Crippen LogP contribution in [0, 0.1) is 0 Å². The summed E-state index contributed by atoms with van der Waals surface area (Å²) in [7, 11) is 0. The van der Waals surface area contributed by atoms with E-state index in [1.165, 1.54) is 0 Å². The summed E-state index contributed by atoms with van der Waals surface area (Å²) >= 11 is 0. The molecule has 1 rings (SSSR count). The molecule has 0 aromatic rings. The van der Waals surface area contributed by atoms with Gasteiger partial charge in [-0.25, -0.2) is 4.79 Å². The summed E-state index contributed by atoms with van der Waals surface area (Å²) in [4.78, 5) is 10.2. The van der Waals surface area contributed by atoms with Gasteiger partial charge in [0.2, 0.25) is 0 Å². The first-order chi connectivity index (χ1) is 5.72. The Bertz CT molecular complexity index is 153. The number of ether oxygens (including phenoxy) is 1. The van der Waals surface area contributed by atoms with E-state index in [9.17, 15) is 4.79 Å². The largest absolute Gasteiger partial charge is 0.465 e. The molecule has 0 spiro atoms. The minimum atomic E-state index is -1.02. The standard InChI is InChI=1S/C7H13NO4/c9-3-6-2-1-5(4-12-6)8-7(10)11/h5-6,8-9H,1-4H2,(H,10,11)/t5-,6+/m0/s1. The molecular formula is C7H13NO4. The van der Waals surface area contributed by atoms with E-state index in [0.717, 1.165) is 6.42 Å². The zero-order chi connectivity index (χ0) is 8.97. The summed E-state index contributed by atoms with van der Waals surface area (Å²) in [5.41, 5.74) is 0. The lowest BCUT2D eigenvalue weighted by Gasteiger charge is -2.27. The van der Waals surface area contributed by atoms with Crippen LogP contribution in [0.15, 0.2) is 0 Å².